The molecular weight excluding hydrogens is 631 g/mol. The average molecular weight is 658 g/mol. The number of aromatic hydroxyl groups is 1. The molecule has 4 atom stereocenters. The molecule has 1 N–H and O–H groups in total. The summed E-state index contributed by atoms with van der Waals surface area (Å²) in [4.78, 5) is 58.6. The highest BCUT2D eigenvalue weighted by Crippen LogP contribution is 2.56. The summed E-state index contributed by atoms with van der Waals surface area (Å²) in [5, 5.41) is 12.0. The van der Waals surface area contributed by atoms with Crippen molar-refractivity contribution in [1.29, 1.82) is 0 Å². The second kappa shape index (κ2) is 11.0. The van der Waals surface area contributed by atoms with E-state index in [0.29, 0.717) is 17.2 Å². The number of phenolic OH excluding ortho intramolecular Hbond substituents is 1. The molecule has 2 heterocycles. The maximum absolute atomic E-state index is 14.1. The molecule has 2 amide bonds. The summed E-state index contributed by atoms with van der Waals surface area (Å²) in [5.74, 6) is -6.19. The van der Waals surface area contributed by atoms with E-state index in [0.717, 1.165) is 16.1 Å². The first kappa shape index (κ1) is 31.3. The van der Waals surface area contributed by atoms with Gasteiger partial charge in [-0.05, 0) is 61.6 Å². The van der Waals surface area contributed by atoms with E-state index < -0.39 is 59.0 Å². The van der Waals surface area contributed by atoms with Crippen LogP contribution in [-0.4, -0.2) is 59.7 Å². The van der Waals surface area contributed by atoms with Crippen LogP contribution in [0.3, 0.4) is 0 Å². The summed E-state index contributed by atoms with van der Waals surface area (Å²) in [7, 11) is 3.92. The summed E-state index contributed by atoms with van der Waals surface area (Å²) >= 11 is 6.19. The molecule has 46 heavy (non-hydrogen) atoms. The third kappa shape index (κ3) is 4.67. The number of alkyl halides is 3. The monoisotopic (exact) mass is 657 g/mol. The van der Waals surface area contributed by atoms with Crippen molar-refractivity contribution in [3.8, 4) is 17.2 Å². The van der Waals surface area contributed by atoms with Crippen LogP contribution in [-0.2, 0) is 25.4 Å². The van der Waals surface area contributed by atoms with Gasteiger partial charge in [0.2, 0.25) is 5.75 Å². The maximum Gasteiger partial charge on any atom is 0.433 e. The number of nitrogens with zero attached hydrogens (tertiary/aromatic N) is 3. The van der Waals surface area contributed by atoms with Crippen LogP contribution in [0.1, 0.15) is 36.9 Å². The van der Waals surface area contributed by atoms with Crippen LogP contribution in [0.5, 0.6) is 17.2 Å². The van der Waals surface area contributed by atoms with Crippen LogP contribution in [0.4, 0.5) is 19.0 Å². The minimum atomic E-state index is -4.80. The lowest BCUT2D eigenvalue weighted by atomic mass is 9.59. The third-order valence-corrected chi connectivity index (χ3v) is 9.40. The molecule has 0 spiro atoms. The van der Waals surface area contributed by atoms with E-state index in [9.17, 15) is 37.5 Å². The number of hydrogen-bond donors (Lipinski definition) is 1. The highest BCUT2D eigenvalue weighted by Gasteiger charge is 2.57. The van der Waals surface area contributed by atoms with Gasteiger partial charge >= 0.3 is 6.18 Å². The van der Waals surface area contributed by atoms with Crippen LogP contribution in [0.15, 0.2) is 58.7 Å². The van der Waals surface area contributed by atoms with Gasteiger partial charge in [0.05, 0.1) is 31.1 Å². The zero-order chi connectivity index (χ0) is 33.4. The van der Waals surface area contributed by atoms with Crippen molar-refractivity contribution in [1.82, 2.24) is 9.99 Å². The van der Waals surface area contributed by atoms with Gasteiger partial charge in [-0.25, -0.2) is 4.98 Å². The summed E-state index contributed by atoms with van der Waals surface area (Å²) in [5.41, 5.74) is 0.485. The number of ketones is 2. The van der Waals surface area contributed by atoms with E-state index in [1.165, 1.54) is 46.4 Å². The van der Waals surface area contributed by atoms with Crippen molar-refractivity contribution < 1.29 is 46.9 Å². The molecule has 4 unspecified atom stereocenters. The van der Waals surface area contributed by atoms with Gasteiger partial charge in [0.1, 0.15) is 5.69 Å². The number of rotatable bonds is 5. The highest BCUT2D eigenvalue weighted by atomic mass is 35.5. The lowest BCUT2D eigenvalue weighted by Gasteiger charge is -2.42. The molecule has 1 saturated heterocycles. The van der Waals surface area contributed by atoms with Gasteiger partial charge in [-0.1, -0.05) is 23.3 Å². The SMILES string of the molecule is COc1cc(C2C3=CCC4C(=O)N(N(C)c5nc(C(F)(F)F)ccc5Cl)C(=O)C4C3CC3=C2C(=O)C(C)=CC3=O)cc(OC)c1O. The molecule has 1 aliphatic heterocycles. The number of imide groups is 1. The van der Waals surface area contributed by atoms with Gasteiger partial charge in [-0.15, -0.1) is 0 Å². The molecule has 3 aliphatic carbocycles. The molecule has 1 fully saturated rings. The molecule has 1 aromatic heterocycles. The predicted molar refractivity (Wildman–Crippen MR) is 157 cm³/mol. The second-order valence-corrected chi connectivity index (χ2v) is 11.9. The molecule has 0 bridgehead atoms. The molecular formula is C32H27ClF3N3O7. The van der Waals surface area contributed by atoms with Gasteiger partial charge < -0.3 is 14.6 Å². The van der Waals surface area contributed by atoms with Crippen LogP contribution in [0.25, 0.3) is 0 Å². The number of halogens is 4. The smallest absolute Gasteiger partial charge is 0.433 e. The number of ether oxygens (including phenoxy) is 2. The Bertz CT molecular complexity index is 1810. The lowest BCUT2D eigenvalue weighted by Crippen LogP contribution is -2.46. The zero-order valence-electron chi connectivity index (χ0n) is 24.9. The normalized spacial score (nSPS) is 24.3. The van der Waals surface area contributed by atoms with Crippen molar-refractivity contribution in [2.24, 2.45) is 17.8 Å². The first-order chi connectivity index (χ1) is 21.7. The van der Waals surface area contributed by atoms with E-state index in [-0.39, 0.29) is 57.6 Å². The number of amides is 2. The Balaban J connectivity index is 1.46. The zero-order valence-corrected chi connectivity index (χ0v) is 25.7. The van der Waals surface area contributed by atoms with E-state index in [1.54, 1.807) is 6.08 Å². The number of allylic oxidation sites excluding steroid dienone is 6. The van der Waals surface area contributed by atoms with Crippen LogP contribution >= 0.6 is 11.6 Å². The Hall–Kier alpha value is -4.65. The predicted octanol–water partition coefficient (Wildman–Crippen LogP) is 4.96. The Morgan fingerprint density at radius 1 is 1.04 bits per heavy atom. The number of hydrazine groups is 1. The molecule has 1 aromatic carbocycles. The van der Waals surface area contributed by atoms with Crippen molar-refractivity contribution in [3.05, 3.63) is 75.0 Å². The molecule has 10 nitrogen and oxygen atoms in total. The number of carbonyl (C=O) groups is 4. The summed E-state index contributed by atoms with van der Waals surface area (Å²) in [6.45, 7) is 1.54. The summed E-state index contributed by atoms with van der Waals surface area (Å²) < 4.78 is 51.1. The quantitative estimate of drug-likeness (QED) is 0.270. The number of anilines is 1. The minimum absolute atomic E-state index is 0.0152. The Morgan fingerprint density at radius 3 is 2.30 bits per heavy atom. The molecule has 14 heteroatoms. The number of fused-ring (bicyclic) bond motifs is 3. The fraction of sp³-hybridized carbons (Fsp3) is 0.344. The number of Topliss-reactive ketones (excluding diaryl/α,β-unsaturated/α-hetero) is 1. The molecule has 0 saturated carbocycles. The largest absolute Gasteiger partial charge is 0.502 e. The lowest BCUT2D eigenvalue weighted by molar-refractivity contribution is -0.141. The summed E-state index contributed by atoms with van der Waals surface area (Å²) in [6, 6.07) is 4.73. The van der Waals surface area contributed by atoms with Gasteiger partial charge in [-0.3, -0.25) is 24.2 Å². The molecule has 0 radical (unpaired) electrons. The minimum Gasteiger partial charge on any atom is -0.502 e. The van der Waals surface area contributed by atoms with E-state index >= 15 is 0 Å². The van der Waals surface area contributed by atoms with Gasteiger partial charge in [0, 0.05) is 29.7 Å². The van der Waals surface area contributed by atoms with Crippen molar-refractivity contribution >= 4 is 40.8 Å². The van der Waals surface area contributed by atoms with Gasteiger partial charge in [0.25, 0.3) is 11.8 Å². The molecule has 240 valence electrons. The number of aromatic nitrogens is 1. The Labute approximate surface area is 265 Å². The highest BCUT2D eigenvalue weighted by molar-refractivity contribution is 6.33. The molecule has 4 aliphatic rings. The standard InChI is InChI=1S/C32H27ClF3N3O7/c1-13-9-20(40)18-12-17-15(24(26(18)27(13)41)14-10-21(45-3)28(42)22(11-14)46-4)5-6-16-25(17)31(44)39(30(16)43)38(2)29-19(33)7-8-23(37-29)32(34,35)36/h5,7-11,16-17,24-25,42H,6,12H2,1-4H3. The summed E-state index contributed by atoms with van der Waals surface area (Å²) in [6.07, 6.45) is -1.71. The van der Waals surface area contributed by atoms with Gasteiger partial charge in [0.15, 0.2) is 28.9 Å². The maximum atomic E-state index is 14.1. The van der Waals surface area contributed by atoms with Crippen molar-refractivity contribution in [2.45, 2.75) is 31.9 Å². The Kier molecular flexibility index (Phi) is 7.50. The van der Waals surface area contributed by atoms with Crippen LogP contribution < -0.4 is 14.5 Å². The first-order valence-corrected chi connectivity index (χ1v) is 14.6. The van der Waals surface area contributed by atoms with E-state index in [4.69, 9.17) is 21.1 Å². The van der Waals surface area contributed by atoms with E-state index in [2.05, 4.69) is 4.98 Å². The Morgan fingerprint density at radius 2 is 1.70 bits per heavy atom. The number of phenols is 1. The number of carbonyl (C=O) groups excluding carboxylic acids is 4. The topological polar surface area (TPSA) is 126 Å². The number of pyridine rings is 1. The van der Waals surface area contributed by atoms with Crippen molar-refractivity contribution in [3.63, 3.8) is 0 Å². The van der Waals surface area contributed by atoms with Crippen LogP contribution in [0, 0.1) is 17.8 Å². The fourth-order valence-electron chi connectivity index (χ4n) is 7.01. The number of hydrogen-bond acceptors (Lipinski definition) is 9. The fourth-order valence-corrected chi connectivity index (χ4v) is 7.24. The van der Waals surface area contributed by atoms with Crippen LogP contribution in [0.2, 0.25) is 5.02 Å². The number of benzene rings is 1. The van der Waals surface area contributed by atoms with Crippen molar-refractivity contribution in [2.75, 3.05) is 26.3 Å². The van der Waals surface area contributed by atoms with E-state index in [1.807, 2.05) is 0 Å². The molecule has 6 rings (SSSR count). The number of methoxy groups -OCH3 is 2. The average Bonchev–Trinajstić information content (AvgIpc) is 3.27. The van der Waals surface area contributed by atoms with Gasteiger partial charge in [-0.2, -0.15) is 18.2 Å². The first-order valence-electron chi connectivity index (χ1n) is 14.2. The second-order valence-electron chi connectivity index (χ2n) is 11.5. The third-order valence-electron chi connectivity index (χ3n) is 9.10. The molecule has 2 aromatic rings.